The smallest absolute Gasteiger partial charge is 0.164 e. The largest absolute Gasteiger partial charge is 0.486 e. The third kappa shape index (κ3) is 3.83. The van der Waals surface area contributed by atoms with Gasteiger partial charge in [0.15, 0.2) is 11.5 Å². The second kappa shape index (κ2) is 6.75. The molecule has 1 aliphatic heterocycles. The molecule has 3 nitrogen and oxygen atoms in total. The van der Waals surface area contributed by atoms with Crippen molar-refractivity contribution >= 4 is 0 Å². The Kier molecular flexibility index (Phi) is 5.02. The summed E-state index contributed by atoms with van der Waals surface area (Å²) < 4.78 is 24.6. The van der Waals surface area contributed by atoms with Crippen molar-refractivity contribution in [3.8, 4) is 11.5 Å². The van der Waals surface area contributed by atoms with Crippen LogP contribution in [0.2, 0.25) is 0 Å². The third-order valence-electron chi connectivity index (χ3n) is 3.17. The molecule has 0 bridgehead atoms. The molecule has 19 heavy (non-hydrogen) atoms. The van der Waals surface area contributed by atoms with Gasteiger partial charge in [0.25, 0.3) is 0 Å². The van der Waals surface area contributed by atoms with Crippen LogP contribution in [0.15, 0.2) is 18.2 Å². The molecule has 1 heterocycles. The topological polar surface area (TPSA) is 21.7 Å². The van der Waals surface area contributed by atoms with Crippen LogP contribution in [0.1, 0.15) is 26.7 Å². The monoisotopic (exact) mass is 267 g/mol. The first-order chi connectivity index (χ1) is 9.22. The van der Waals surface area contributed by atoms with Crippen molar-refractivity contribution in [2.24, 2.45) is 0 Å². The number of rotatable bonds is 6. The number of hydrogen-bond donors (Lipinski definition) is 0. The van der Waals surface area contributed by atoms with Crippen LogP contribution in [-0.2, 0) is 0 Å². The van der Waals surface area contributed by atoms with Crippen LogP contribution in [0, 0.1) is 5.82 Å². The predicted octanol–water partition coefficient (Wildman–Crippen LogP) is 3.09. The number of nitrogens with zero attached hydrogens (tertiary/aromatic N) is 1. The van der Waals surface area contributed by atoms with Crippen LogP contribution < -0.4 is 9.47 Å². The van der Waals surface area contributed by atoms with Gasteiger partial charge in [-0.25, -0.2) is 4.39 Å². The summed E-state index contributed by atoms with van der Waals surface area (Å²) in [5.74, 6) is 0.862. The molecule has 1 unspecified atom stereocenters. The first kappa shape index (κ1) is 14.1. The standard InChI is InChI=1S/C15H22FNO2/c1-3-7-17(8-4-2)10-13-11-18-14-6-5-12(16)9-15(14)19-13/h5-6,9,13H,3-4,7-8,10-11H2,1-2H3. The van der Waals surface area contributed by atoms with Crippen molar-refractivity contribution in [3.63, 3.8) is 0 Å². The lowest BCUT2D eigenvalue weighted by Gasteiger charge is -2.31. The maximum Gasteiger partial charge on any atom is 0.164 e. The molecule has 0 amide bonds. The Morgan fingerprint density at radius 2 is 1.95 bits per heavy atom. The zero-order chi connectivity index (χ0) is 13.7. The van der Waals surface area contributed by atoms with Gasteiger partial charge < -0.3 is 9.47 Å². The lowest BCUT2D eigenvalue weighted by molar-refractivity contribution is 0.0582. The Bertz CT molecular complexity index is 405. The van der Waals surface area contributed by atoms with E-state index in [9.17, 15) is 4.39 Å². The average Bonchev–Trinajstić information content (AvgIpc) is 2.39. The van der Waals surface area contributed by atoms with Gasteiger partial charge in [0.05, 0.1) is 0 Å². The SMILES string of the molecule is CCCN(CCC)CC1COc2ccc(F)cc2O1. The average molecular weight is 267 g/mol. The lowest BCUT2D eigenvalue weighted by Crippen LogP contribution is -2.41. The van der Waals surface area contributed by atoms with Crippen molar-refractivity contribution in [1.82, 2.24) is 4.90 Å². The second-order valence-corrected chi connectivity index (χ2v) is 4.94. The highest BCUT2D eigenvalue weighted by molar-refractivity contribution is 5.41. The van der Waals surface area contributed by atoms with Gasteiger partial charge in [-0.3, -0.25) is 4.90 Å². The van der Waals surface area contributed by atoms with Gasteiger partial charge in [0.1, 0.15) is 18.5 Å². The van der Waals surface area contributed by atoms with Gasteiger partial charge in [-0.05, 0) is 38.1 Å². The summed E-state index contributed by atoms with van der Waals surface area (Å²) in [6.07, 6.45) is 2.23. The summed E-state index contributed by atoms with van der Waals surface area (Å²) in [6.45, 7) is 7.82. The van der Waals surface area contributed by atoms with Gasteiger partial charge >= 0.3 is 0 Å². The number of halogens is 1. The van der Waals surface area contributed by atoms with Crippen molar-refractivity contribution in [2.45, 2.75) is 32.8 Å². The number of ether oxygens (including phenoxy) is 2. The van der Waals surface area contributed by atoms with Gasteiger partial charge in [0, 0.05) is 12.6 Å². The molecule has 1 aliphatic rings. The molecule has 0 saturated carbocycles. The summed E-state index contributed by atoms with van der Waals surface area (Å²) in [7, 11) is 0. The molecule has 0 spiro atoms. The molecule has 1 aromatic rings. The highest BCUT2D eigenvalue weighted by Crippen LogP contribution is 2.32. The Balaban J connectivity index is 1.96. The number of hydrogen-bond acceptors (Lipinski definition) is 3. The number of benzene rings is 1. The molecule has 0 N–H and O–H groups in total. The van der Waals surface area contributed by atoms with Gasteiger partial charge in [-0.1, -0.05) is 13.8 Å². The van der Waals surface area contributed by atoms with Crippen LogP contribution in [0.5, 0.6) is 11.5 Å². The van der Waals surface area contributed by atoms with Crippen LogP contribution in [-0.4, -0.2) is 37.2 Å². The fourth-order valence-electron chi connectivity index (χ4n) is 2.39. The minimum Gasteiger partial charge on any atom is -0.486 e. The molecule has 1 atom stereocenters. The Morgan fingerprint density at radius 1 is 1.21 bits per heavy atom. The van der Waals surface area contributed by atoms with E-state index in [1.165, 1.54) is 12.1 Å². The van der Waals surface area contributed by atoms with Crippen LogP contribution in [0.3, 0.4) is 0 Å². The summed E-state index contributed by atoms with van der Waals surface area (Å²) in [4.78, 5) is 2.37. The molecule has 2 rings (SSSR count). The molecule has 0 radical (unpaired) electrons. The normalized spacial score (nSPS) is 17.8. The van der Waals surface area contributed by atoms with E-state index in [-0.39, 0.29) is 11.9 Å². The summed E-state index contributed by atoms with van der Waals surface area (Å²) in [5.41, 5.74) is 0. The maximum atomic E-state index is 13.2. The van der Waals surface area contributed by atoms with Crippen LogP contribution in [0.4, 0.5) is 4.39 Å². The van der Waals surface area contributed by atoms with Gasteiger partial charge in [-0.15, -0.1) is 0 Å². The Labute approximate surface area is 114 Å². The summed E-state index contributed by atoms with van der Waals surface area (Å²) >= 11 is 0. The van der Waals surface area contributed by atoms with Crippen molar-refractivity contribution in [1.29, 1.82) is 0 Å². The third-order valence-corrected chi connectivity index (χ3v) is 3.17. The van der Waals surface area contributed by atoms with Crippen molar-refractivity contribution in [3.05, 3.63) is 24.0 Å². The lowest BCUT2D eigenvalue weighted by atomic mass is 10.2. The zero-order valence-electron chi connectivity index (χ0n) is 11.7. The summed E-state index contributed by atoms with van der Waals surface area (Å²) in [5, 5.41) is 0. The molecule has 0 aliphatic carbocycles. The van der Waals surface area contributed by atoms with E-state index in [0.29, 0.717) is 18.1 Å². The molecular formula is C15H22FNO2. The molecule has 0 aromatic heterocycles. The van der Waals surface area contributed by atoms with E-state index < -0.39 is 0 Å². The predicted molar refractivity (Wildman–Crippen MR) is 73.3 cm³/mol. The summed E-state index contributed by atoms with van der Waals surface area (Å²) in [6, 6.07) is 4.41. The maximum absolute atomic E-state index is 13.2. The van der Waals surface area contributed by atoms with E-state index >= 15 is 0 Å². The molecule has 4 heteroatoms. The second-order valence-electron chi connectivity index (χ2n) is 4.94. The van der Waals surface area contributed by atoms with Gasteiger partial charge in [0.2, 0.25) is 0 Å². The zero-order valence-corrected chi connectivity index (χ0v) is 11.7. The van der Waals surface area contributed by atoms with Gasteiger partial charge in [-0.2, -0.15) is 0 Å². The molecule has 0 fully saturated rings. The van der Waals surface area contributed by atoms with E-state index in [4.69, 9.17) is 9.47 Å². The fourth-order valence-corrected chi connectivity index (χ4v) is 2.39. The van der Waals surface area contributed by atoms with E-state index in [1.807, 2.05) is 0 Å². The highest BCUT2D eigenvalue weighted by atomic mass is 19.1. The fraction of sp³-hybridized carbons (Fsp3) is 0.600. The Morgan fingerprint density at radius 3 is 2.63 bits per heavy atom. The first-order valence-corrected chi connectivity index (χ1v) is 7.04. The van der Waals surface area contributed by atoms with Crippen LogP contribution in [0.25, 0.3) is 0 Å². The van der Waals surface area contributed by atoms with Crippen LogP contribution >= 0.6 is 0 Å². The van der Waals surface area contributed by atoms with E-state index in [1.54, 1.807) is 6.07 Å². The minimum atomic E-state index is -0.290. The number of fused-ring (bicyclic) bond motifs is 1. The quantitative estimate of drug-likeness (QED) is 0.790. The first-order valence-electron chi connectivity index (χ1n) is 7.04. The minimum absolute atomic E-state index is 0.0209. The van der Waals surface area contributed by atoms with E-state index in [0.717, 1.165) is 32.5 Å². The molecule has 0 saturated heterocycles. The van der Waals surface area contributed by atoms with Crippen molar-refractivity contribution < 1.29 is 13.9 Å². The molecule has 106 valence electrons. The Hall–Kier alpha value is -1.29. The molecular weight excluding hydrogens is 245 g/mol. The molecule has 1 aromatic carbocycles. The van der Waals surface area contributed by atoms with E-state index in [2.05, 4.69) is 18.7 Å². The van der Waals surface area contributed by atoms with Crippen molar-refractivity contribution in [2.75, 3.05) is 26.2 Å². The highest BCUT2D eigenvalue weighted by Gasteiger charge is 2.23.